The maximum Gasteiger partial charge on any atom is 0.264 e. The summed E-state index contributed by atoms with van der Waals surface area (Å²) in [4.78, 5) is 34.0. The number of fused-ring (bicyclic) bond motifs is 2. The largest absolute Gasteiger partial charge is 0.338 e. The molecule has 0 unspecified atom stereocenters. The molecular formula is C19H27N3O2S. The van der Waals surface area contributed by atoms with Crippen LogP contribution in [0.3, 0.4) is 0 Å². The standard InChI is InChI=1S/C19H27N3O2S/c1-4-6-11-21(5-2)19(24)16-13(3)15-17(25-16)20-14-10-8-7-9-12-22(14)18(15)23/h4-12H2,1-3H3. The molecule has 2 aromatic rings. The Kier molecular flexibility index (Phi) is 5.57. The highest BCUT2D eigenvalue weighted by atomic mass is 32.1. The van der Waals surface area contributed by atoms with Crippen molar-refractivity contribution in [1.82, 2.24) is 14.5 Å². The summed E-state index contributed by atoms with van der Waals surface area (Å²) in [7, 11) is 0. The third kappa shape index (κ3) is 3.36. The van der Waals surface area contributed by atoms with Crippen molar-refractivity contribution in [3.8, 4) is 0 Å². The zero-order valence-electron chi connectivity index (χ0n) is 15.4. The van der Waals surface area contributed by atoms with Crippen LogP contribution in [0.2, 0.25) is 0 Å². The molecule has 0 fully saturated rings. The lowest BCUT2D eigenvalue weighted by atomic mass is 10.2. The quantitative estimate of drug-likeness (QED) is 0.815. The highest BCUT2D eigenvalue weighted by Crippen LogP contribution is 2.29. The van der Waals surface area contributed by atoms with Crippen LogP contribution < -0.4 is 5.56 Å². The average Bonchev–Trinajstić information content (AvgIpc) is 2.78. The summed E-state index contributed by atoms with van der Waals surface area (Å²) >= 11 is 1.39. The molecule has 3 rings (SSSR count). The number of aromatic nitrogens is 2. The lowest BCUT2D eigenvalue weighted by Gasteiger charge is -2.20. The molecule has 25 heavy (non-hydrogen) atoms. The number of carbonyl (C=O) groups is 1. The number of nitrogens with zero attached hydrogens (tertiary/aromatic N) is 3. The van der Waals surface area contributed by atoms with Gasteiger partial charge in [0, 0.05) is 26.1 Å². The van der Waals surface area contributed by atoms with Gasteiger partial charge in [0.1, 0.15) is 10.7 Å². The van der Waals surface area contributed by atoms with Gasteiger partial charge in [-0.1, -0.05) is 19.8 Å². The molecule has 1 amide bonds. The lowest BCUT2D eigenvalue weighted by molar-refractivity contribution is 0.0766. The number of amides is 1. The molecule has 0 bridgehead atoms. The fourth-order valence-electron chi connectivity index (χ4n) is 3.51. The molecule has 3 heterocycles. The molecule has 1 aliphatic heterocycles. The van der Waals surface area contributed by atoms with Crippen molar-refractivity contribution < 1.29 is 4.79 Å². The Morgan fingerprint density at radius 2 is 2.08 bits per heavy atom. The first-order chi connectivity index (χ1) is 12.1. The monoisotopic (exact) mass is 361 g/mol. The molecule has 0 atom stereocenters. The first-order valence-corrected chi connectivity index (χ1v) is 10.2. The Hall–Kier alpha value is -1.69. The van der Waals surface area contributed by atoms with Crippen LogP contribution >= 0.6 is 11.3 Å². The molecule has 0 spiro atoms. The SMILES string of the molecule is CCCCN(CC)C(=O)c1sc2nc3n(c(=O)c2c1C)CCCCC3. The van der Waals surface area contributed by atoms with Crippen molar-refractivity contribution in [3.63, 3.8) is 0 Å². The molecule has 0 N–H and O–H groups in total. The van der Waals surface area contributed by atoms with E-state index >= 15 is 0 Å². The van der Waals surface area contributed by atoms with Crippen LogP contribution in [-0.2, 0) is 13.0 Å². The van der Waals surface area contributed by atoms with Gasteiger partial charge >= 0.3 is 0 Å². The summed E-state index contributed by atoms with van der Waals surface area (Å²) in [6.45, 7) is 8.23. The first kappa shape index (κ1) is 18.1. The van der Waals surface area contributed by atoms with Gasteiger partial charge < -0.3 is 4.90 Å². The van der Waals surface area contributed by atoms with E-state index in [1.807, 2.05) is 23.3 Å². The van der Waals surface area contributed by atoms with Gasteiger partial charge in [0.05, 0.1) is 10.3 Å². The van der Waals surface area contributed by atoms with Gasteiger partial charge in [-0.3, -0.25) is 14.2 Å². The lowest BCUT2D eigenvalue weighted by Crippen LogP contribution is -2.31. The minimum Gasteiger partial charge on any atom is -0.338 e. The fraction of sp³-hybridized carbons (Fsp3) is 0.632. The first-order valence-electron chi connectivity index (χ1n) is 9.40. The van der Waals surface area contributed by atoms with Crippen LogP contribution in [0, 0.1) is 6.92 Å². The summed E-state index contributed by atoms with van der Waals surface area (Å²) in [5.41, 5.74) is 0.836. The third-order valence-electron chi connectivity index (χ3n) is 5.06. The molecule has 0 aromatic carbocycles. The molecule has 0 saturated heterocycles. The molecule has 0 saturated carbocycles. The van der Waals surface area contributed by atoms with Crippen LogP contribution in [0.25, 0.3) is 10.2 Å². The molecule has 0 aliphatic carbocycles. The van der Waals surface area contributed by atoms with E-state index in [-0.39, 0.29) is 11.5 Å². The number of hydrogen-bond acceptors (Lipinski definition) is 4. The minimum atomic E-state index is 0.0336. The summed E-state index contributed by atoms with van der Waals surface area (Å²) in [5.74, 6) is 0.921. The molecule has 5 nitrogen and oxygen atoms in total. The number of thiophene rings is 1. The van der Waals surface area contributed by atoms with Gasteiger partial charge in [-0.15, -0.1) is 11.3 Å². The number of carbonyl (C=O) groups excluding carboxylic acids is 1. The second-order valence-corrected chi connectivity index (χ2v) is 7.77. The van der Waals surface area contributed by atoms with Crippen molar-refractivity contribution in [2.75, 3.05) is 13.1 Å². The van der Waals surface area contributed by atoms with E-state index in [2.05, 4.69) is 6.92 Å². The average molecular weight is 362 g/mol. The van der Waals surface area contributed by atoms with Crippen molar-refractivity contribution in [1.29, 1.82) is 0 Å². The zero-order valence-corrected chi connectivity index (χ0v) is 16.2. The van der Waals surface area contributed by atoms with E-state index in [4.69, 9.17) is 4.98 Å². The summed E-state index contributed by atoms with van der Waals surface area (Å²) < 4.78 is 1.83. The third-order valence-corrected chi connectivity index (χ3v) is 6.23. The molecule has 2 aromatic heterocycles. The minimum absolute atomic E-state index is 0.0336. The predicted octanol–water partition coefficient (Wildman–Crippen LogP) is 3.76. The van der Waals surface area contributed by atoms with Gasteiger partial charge in [0.2, 0.25) is 0 Å². The Morgan fingerprint density at radius 1 is 1.28 bits per heavy atom. The van der Waals surface area contributed by atoms with E-state index in [0.717, 1.165) is 67.8 Å². The van der Waals surface area contributed by atoms with Crippen LogP contribution in [0.1, 0.15) is 67.0 Å². The Morgan fingerprint density at radius 3 is 2.80 bits per heavy atom. The van der Waals surface area contributed by atoms with Gasteiger partial charge in [-0.2, -0.15) is 0 Å². The van der Waals surface area contributed by atoms with E-state index in [9.17, 15) is 9.59 Å². The molecule has 0 radical (unpaired) electrons. The highest BCUT2D eigenvalue weighted by Gasteiger charge is 2.24. The maximum absolute atomic E-state index is 13.0. The van der Waals surface area contributed by atoms with Crippen LogP contribution in [0.4, 0.5) is 0 Å². The number of hydrogen-bond donors (Lipinski definition) is 0. The van der Waals surface area contributed by atoms with Gasteiger partial charge in [0.25, 0.3) is 11.5 Å². The van der Waals surface area contributed by atoms with Crippen molar-refractivity contribution >= 4 is 27.5 Å². The maximum atomic E-state index is 13.0. The summed E-state index contributed by atoms with van der Waals surface area (Å²) in [5, 5.41) is 0.644. The number of rotatable bonds is 5. The van der Waals surface area contributed by atoms with Crippen LogP contribution in [-0.4, -0.2) is 33.4 Å². The molecule has 136 valence electrons. The topological polar surface area (TPSA) is 55.2 Å². The Bertz CT molecular complexity index is 837. The van der Waals surface area contributed by atoms with Crippen molar-refractivity contribution in [2.24, 2.45) is 0 Å². The van der Waals surface area contributed by atoms with Crippen LogP contribution in [0.5, 0.6) is 0 Å². The van der Waals surface area contributed by atoms with E-state index in [0.29, 0.717) is 16.8 Å². The Balaban J connectivity index is 2.06. The smallest absolute Gasteiger partial charge is 0.264 e. The number of unbranched alkanes of at least 4 members (excludes halogenated alkanes) is 1. The van der Waals surface area contributed by atoms with E-state index in [1.165, 1.54) is 11.3 Å². The summed E-state index contributed by atoms with van der Waals surface area (Å²) in [6, 6.07) is 0. The van der Waals surface area contributed by atoms with E-state index < -0.39 is 0 Å². The van der Waals surface area contributed by atoms with E-state index in [1.54, 1.807) is 0 Å². The summed E-state index contributed by atoms with van der Waals surface area (Å²) in [6.07, 6.45) is 6.15. The van der Waals surface area contributed by atoms with Crippen molar-refractivity contribution in [3.05, 3.63) is 26.6 Å². The van der Waals surface area contributed by atoms with Crippen molar-refractivity contribution in [2.45, 2.75) is 65.8 Å². The molecule has 1 aliphatic rings. The number of aryl methyl sites for hydroxylation is 2. The van der Waals surface area contributed by atoms with Gasteiger partial charge in [-0.05, 0) is 38.7 Å². The Labute approximate surface area is 152 Å². The fourth-order valence-corrected chi connectivity index (χ4v) is 4.67. The van der Waals surface area contributed by atoms with Gasteiger partial charge in [-0.25, -0.2) is 4.98 Å². The van der Waals surface area contributed by atoms with Crippen LogP contribution in [0.15, 0.2) is 4.79 Å². The zero-order chi connectivity index (χ0) is 18.0. The second kappa shape index (κ2) is 7.68. The second-order valence-electron chi connectivity index (χ2n) is 6.77. The molecule has 6 heteroatoms. The predicted molar refractivity (Wildman–Crippen MR) is 103 cm³/mol. The van der Waals surface area contributed by atoms with Gasteiger partial charge in [0.15, 0.2) is 0 Å². The molecular weight excluding hydrogens is 334 g/mol. The normalized spacial score (nSPS) is 14.4. The highest BCUT2D eigenvalue weighted by molar-refractivity contribution is 7.20.